The van der Waals surface area contributed by atoms with E-state index in [1.54, 1.807) is 25.3 Å². The molecule has 2 aromatic rings. The number of benzene rings is 2. The lowest BCUT2D eigenvalue weighted by Gasteiger charge is -2.25. The van der Waals surface area contributed by atoms with Gasteiger partial charge in [0.25, 0.3) is 11.7 Å². The molecule has 1 aliphatic heterocycles. The number of aliphatic hydroxyl groups excluding tert-OH is 1. The predicted molar refractivity (Wildman–Crippen MR) is 119 cm³/mol. The number of nitrogens with zero attached hydrogens (tertiary/aromatic N) is 1. The number of methoxy groups -OCH3 is 1. The van der Waals surface area contributed by atoms with Gasteiger partial charge in [0.15, 0.2) is 0 Å². The van der Waals surface area contributed by atoms with Crippen molar-refractivity contribution in [1.82, 2.24) is 4.90 Å². The van der Waals surface area contributed by atoms with Gasteiger partial charge in [0.05, 0.1) is 24.8 Å². The Labute approximate surface area is 183 Å². The number of carbonyl (C=O) groups excluding carboxylic acids is 2. The second-order valence-corrected chi connectivity index (χ2v) is 7.91. The van der Waals surface area contributed by atoms with Crippen molar-refractivity contribution >= 4 is 17.4 Å². The topological polar surface area (TPSA) is 76.1 Å². The molecular weight excluding hydrogens is 394 g/mol. The molecule has 1 unspecified atom stereocenters. The van der Waals surface area contributed by atoms with Crippen LogP contribution in [0.3, 0.4) is 0 Å². The van der Waals surface area contributed by atoms with Gasteiger partial charge in [0.1, 0.15) is 17.3 Å². The molecule has 3 rings (SSSR count). The number of rotatable bonds is 7. The van der Waals surface area contributed by atoms with Crippen molar-refractivity contribution in [3.63, 3.8) is 0 Å². The fourth-order valence-electron chi connectivity index (χ4n) is 3.88. The van der Waals surface area contributed by atoms with E-state index in [-0.39, 0.29) is 17.4 Å². The van der Waals surface area contributed by atoms with E-state index in [1.165, 1.54) is 4.90 Å². The molecule has 0 aromatic heterocycles. The van der Waals surface area contributed by atoms with Gasteiger partial charge in [-0.15, -0.1) is 0 Å². The molecule has 1 N–H and O–H groups in total. The molecule has 1 saturated heterocycles. The van der Waals surface area contributed by atoms with Gasteiger partial charge in [-0.25, -0.2) is 0 Å². The van der Waals surface area contributed by atoms with Gasteiger partial charge in [-0.05, 0) is 68.7 Å². The number of likely N-dealkylation sites (tertiary alicyclic amines) is 1. The predicted octanol–water partition coefficient (Wildman–Crippen LogP) is 4.62. The molecule has 31 heavy (non-hydrogen) atoms. The fourth-order valence-corrected chi connectivity index (χ4v) is 3.88. The summed E-state index contributed by atoms with van der Waals surface area (Å²) in [5, 5.41) is 11.1. The van der Waals surface area contributed by atoms with E-state index in [9.17, 15) is 14.7 Å². The summed E-state index contributed by atoms with van der Waals surface area (Å²) >= 11 is 0. The number of hydrogen-bond acceptors (Lipinski definition) is 5. The molecular formula is C25H29NO5. The SMILES string of the molecule is CCCN1C(=O)C(=O)/C(=C(\O)c2ccc(OC)c(C)c2)C1c1ccc(OC(C)C)cc1. The van der Waals surface area contributed by atoms with Crippen molar-refractivity contribution in [1.29, 1.82) is 0 Å². The molecule has 0 radical (unpaired) electrons. The molecule has 6 nitrogen and oxygen atoms in total. The third-order valence-electron chi connectivity index (χ3n) is 5.24. The summed E-state index contributed by atoms with van der Waals surface area (Å²) < 4.78 is 11.0. The molecule has 0 bridgehead atoms. The minimum absolute atomic E-state index is 0.0369. The maximum Gasteiger partial charge on any atom is 0.295 e. The fraction of sp³-hybridized carbons (Fsp3) is 0.360. The second-order valence-electron chi connectivity index (χ2n) is 7.91. The molecule has 164 valence electrons. The molecule has 1 heterocycles. The third kappa shape index (κ3) is 4.43. The maximum atomic E-state index is 13.0. The lowest BCUT2D eigenvalue weighted by atomic mass is 9.94. The highest BCUT2D eigenvalue weighted by Gasteiger charge is 2.45. The van der Waals surface area contributed by atoms with Crippen LogP contribution in [0.5, 0.6) is 11.5 Å². The van der Waals surface area contributed by atoms with Gasteiger partial charge in [0, 0.05) is 12.1 Å². The Morgan fingerprint density at radius 2 is 1.81 bits per heavy atom. The van der Waals surface area contributed by atoms with E-state index >= 15 is 0 Å². The lowest BCUT2D eigenvalue weighted by molar-refractivity contribution is -0.139. The number of Topliss-reactive ketones (excluding diaryl/α,β-unsaturated/α-hetero) is 1. The molecule has 2 aromatic carbocycles. The monoisotopic (exact) mass is 423 g/mol. The molecule has 0 spiro atoms. The Hall–Kier alpha value is -3.28. The summed E-state index contributed by atoms with van der Waals surface area (Å²) in [6.07, 6.45) is 0.731. The Kier molecular flexibility index (Phi) is 6.68. The number of ether oxygens (including phenoxy) is 2. The number of carbonyl (C=O) groups is 2. The van der Waals surface area contributed by atoms with E-state index in [1.807, 2.05) is 52.0 Å². The van der Waals surface area contributed by atoms with Crippen molar-refractivity contribution in [3.05, 3.63) is 64.7 Å². The van der Waals surface area contributed by atoms with Gasteiger partial charge in [0.2, 0.25) is 0 Å². The van der Waals surface area contributed by atoms with Crippen molar-refractivity contribution in [2.75, 3.05) is 13.7 Å². The van der Waals surface area contributed by atoms with Gasteiger partial charge < -0.3 is 19.5 Å². The van der Waals surface area contributed by atoms with Crippen LogP contribution in [-0.2, 0) is 9.59 Å². The zero-order chi connectivity index (χ0) is 22.7. The first kappa shape index (κ1) is 22.4. The summed E-state index contributed by atoms with van der Waals surface area (Å²) in [5.74, 6) is -0.0690. The van der Waals surface area contributed by atoms with Crippen molar-refractivity contribution < 1.29 is 24.2 Å². The maximum absolute atomic E-state index is 13.0. The number of ketones is 1. The normalized spacial score (nSPS) is 18.0. The second kappa shape index (κ2) is 9.25. The Bertz CT molecular complexity index is 1010. The van der Waals surface area contributed by atoms with Crippen LogP contribution >= 0.6 is 0 Å². The van der Waals surface area contributed by atoms with E-state index in [2.05, 4.69) is 0 Å². The van der Waals surface area contributed by atoms with Gasteiger partial charge >= 0.3 is 0 Å². The summed E-state index contributed by atoms with van der Waals surface area (Å²) in [6, 6.07) is 11.8. The van der Waals surface area contributed by atoms with Crippen LogP contribution in [0.15, 0.2) is 48.0 Å². The standard InChI is InChI=1S/C25H29NO5/c1-6-13-26-22(17-7-10-19(11-8-17)31-15(2)3)21(24(28)25(26)29)23(27)18-9-12-20(30-5)16(4)14-18/h7-12,14-15,22,27H,6,13H2,1-5H3/b23-21-. The van der Waals surface area contributed by atoms with Crippen molar-refractivity contribution in [2.45, 2.75) is 46.3 Å². The Morgan fingerprint density at radius 3 is 2.35 bits per heavy atom. The molecule has 0 aliphatic carbocycles. The van der Waals surface area contributed by atoms with Gasteiger partial charge in [-0.1, -0.05) is 19.1 Å². The van der Waals surface area contributed by atoms with Crippen LogP contribution in [0.25, 0.3) is 5.76 Å². The van der Waals surface area contributed by atoms with E-state index in [0.717, 1.165) is 11.1 Å². The van der Waals surface area contributed by atoms with Crippen molar-refractivity contribution in [3.8, 4) is 11.5 Å². The zero-order valence-corrected chi connectivity index (χ0v) is 18.6. The largest absolute Gasteiger partial charge is 0.507 e. The zero-order valence-electron chi connectivity index (χ0n) is 18.6. The van der Waals surface area contributed by atoms with E-state index in [0.29, 0.717) is 30.0 Å². The molecule has 1 amide bonds. The van der Waals surface area contributed by atoms with Crippen LogP contribution in [0.4, 0.5) is 0 Å². The quantitative estimate of drug-likeness (QED) is 0.399. The molecule has 1 fully saturated rings. The Morgan fingerprint density at radius 1 is 1.13 bits per heavy atom. The molecule has 0 saturated carbocycles. The number of aliphatic hydroxyl groups is 1. The first-order valence-electron chi connectivity index (χ1n) is 10.5. The average molecular weight is 424 g/mol. The number of hydrogen-bond donors (Lipinski definition) is 1. The molecule has 1 aliphatic rings. The molecule has 1 atom stereocenters. The van der Waals surface area contributed by atoms with Crippen LogP contribution in [-0.4, -0.2) is 41.5 Å². The summed E-state index contributed by atoms with van der Waals surface area (Å²) in [7, 11) is 1.57. The number of amides is 1. The highest BCUT2D eigenvalue weighted by Crippen LogP contribution is 2.40. The highest BCUT2D eigenvalue weighted by molar-refractivity contribution is 6.46. The average Bonchev–Trinajstić information content (AvgIpc) is 2.98. The van der Waals surface area contributed by atoms with Crippen LogP contribution in [0.2, 0.25) is 0 Å². The van der Waals surface area contributed by atoms with Gasteiger partial charge in [-0.3, -0.25) is 9.59 Å². The summed E-state index contributed by atoms with van der Waals surface area (Å²) in [6.45, 7) is 8.11. The smallest absolute Gasteiger partial charge is 0.295 e. The van der Waals surface area contributed by atoms with E-state index in [4.69, 9.17) is 9.47 Å². The van der Waals surface area contributed by atoms with E-state index < -0.39 is 17.7 Å². The number of aryl methyl sites for hydroxylation is 1. The van der Waals surface area contributed by atoms with Crippen LogP contribution in [0, 0.1) is 6.92 Å². The first-order chi connectivity index (χ1) is 14.8. The highest BCUT2D eigenvalue weighted by atomic mass is 16.5. The first-order valence-corrected chi connectivity index (χ1v) is 10.5. The lowest BCUT2D eigenvalue weighted by Crippen LogP contribution is -2.30. The molecule has 6 heteroatoms. The summed E-state index contributed by atoms with van der Waals surface area (Å²) in [5.41, 5.74) is 2.13. The van der Waals surface area contributed by atoms with Crippen molar-refractivity contribution in [2.24, 2.45) is 0 Å². The summed E-state index contributed by atoms with van der Waals surface area (Å²) in [4.78, 5) is 27.3. The van der Waals surface area contributed by atoms with Gasteiger partial charge in [-0.2, -0.15) is 0 Å². The van der Waals surface area contributed by atoms with Crippen LogP contribution in [0.1, 0.15) is 49.9 Å². The Balaban J connectivity index is 2.11. The minimum Gasteiger partial charge on any atom is -0.507 e. The third-order valence-corrected chi connectivity index (χ3v) is 5.24. The van der Waals surface area contributed by atoms with Crippen LogP contribution < -0.4 is 9.47 Å². The minimum atomic E-state index is -0.674.